The zero-order chi connectivity index (χ0) is 20.0. The Kier molecular flexibility index (Phi) is 5.44. The summed E-state index contributed by atoms with van der Waals surface area (Å²) in [5.74, 6) is 0. The van der Waals surface area contributed by atoms with Crippen LogP contribution in [0.2, 0.25) is 0 Å². The first kappa shape index (κ1) is 20.7. The number of allylic oxidation sites excluding steroid dienone is 3. The third-order valence-electron chi connectivity index (χ3n) is 4.59. The maximum atomic E-state index is 13.6. The summed E-state index contributed by atoms with van der Waals surface area (Å²) in [6.45, 7) is 3.51. The molecule has 0 saturated heterocycles. The van der Waals surface area contributed by atoms with Crippen LogP contribution in [0.1, 0.15) is 20.3 Å². The average molecular weight is 527 g/mol. The van der Waals surface area contributed by atoms with E-state index < -0.39 is 39.6 Å². The van der Waals surface area contributed by atoms with Gasteiger partial charge >= 0.3 is 171 Å². The molecule has 0 spiro atoms. The molecule has 0 fully saturated rings. The molecule has 2 unspecified atom stereocenters. The number of fused-ring (bicyclic) bond motifs is 1. The number of halogens is 4. The van der Waals surface area contributed by atoms with E-state index >= 15 is 0 Å². The van der Waals surface area contributed by atoms with E-state index in [-0.39, 0.29) is 9.98 Å². The van der Waals surface area contributed by atoms with Gasteiger partial charge < -0.3 is 0 Å². The van der Waals surface area contributed by atoms with Gasteiger partial charge in [-0.1, -0.05) is 0 Å². The van der Waals surface area contributed by atoms with Gasteiger partial charge in [-0.05, 0) is 0 Å². The van der Waals surface area contributed by atoms with Crippen molar-refractivity contribution < 1.29 is 21.6 Å². The summed E-state index contributed by atoms with van der Waals surface area (Å²) in [5.41, 5.74) is 1.13. The van der Waals surface area contributed by atoms with Crippen LogP contribution < -0.4 is 4.46 Å². The fourth-order valence-electron chi connectivity index (χ4n) is 3.07. The van der Waals surface area contributed by atoms with Crippen LogP contribution in [0.4, 0.5) is 13.2 Å². The number of benzene rings is 1. The number of alkyl halides is 4. The Bertz CT molecular complexity index is 1040. The van der Waals surface area contributed by atoms with Gasteiger partial charge in [-0.25, -0.2) is 0 Å². The number of rotatable bonds is 4. The van der Waals surface area contributed by atoms with Crippen LogP contribution in [0.3, 0.4) is 0 Å². The first-order valence-corrected chi connectivity index (χ1v) is 12.2. The molecule has 27 heavy (non-hydrogen) atoms. The van der Waals surface area contributed by atoms with Gasteiger partial charge in [0, 0.05) is 0 Å². The normalized spacial score (nSPS) is 23.6. The van der Waals surface area contributed by atoms with Gasteiger partial charge in [0.25, 0.3) is 0 Å². The Hall–Kier alpha value is -1.02. The van der Waals surface area contributed by atoms with Crippen LogP contribution in [0.5, 0.6) is 0 Å². The minimum absolute atomic E-state index is 0.00921. The molecule has 1 aliphatic carbocycles. The van der Waals surface area contributed by atoms with E-state index in [0.717, 1.165) is 15.7 Å². The number of hydrogen-bond acceptors (Lipinski definition) is 2. The number of aromatic nitrogens is 1. The monoisotopic (exact) mass is 527 g/mol. The molecule has 3 nitrogen and oxygen atoms in total. The summed E-state index contributed by atoms with van der Waals surface area (Å²) in [5, 5.41) is -4.05. The Balaban J connectivity index is 2.22. The topological polar surface area (TPSA) is 39.1 Å². The molecular weight excluding hydrogens is 510 g/mol. The molecule has 2 aromatic rings. The molecule has 0 N–H and O–H groups in total. The second-order valence-electron chi connectivity index (χ2n) is 6.38. The number of para-hydroxylation sites is 1. The molecule has 146 valence electrons. The molecule has 0 radical (unpaired) electrons. The van der Waals surface area contributed by atoms with E-state index in [4.69, 9.17) is 0 Å². The molecule has 0 bridgehead atoms. The Labute approximate surface area is 170 Å². The molecule has 1 aromatic carbocycles. The molecule has 1 aliphatic rings. The third-order valence-corrected chi connectivity index (χ3v) is 10.1. The van der Waals surface area contributed by atoms with Crippen LogP contribution >= 0.6 is 15.9 Å². The molecule has 0 saturated carbocycles. The zero-order valence-electron chi connectivity index (χ0n) is 14.5. The maximum absolute atomic E-state index is 13.6. The fraction of sp³-hybridized carbons (Fsp3) is 0.333. The zero-order valence-corrected chi connectivity index (χ0v) is 18.6. The second-order valence-corrected chi connectivity index (χ2v) is 11.9. The Morgan fingerprint density at radius 2 is 1.96 bits per heavy atom. The predicted molar refractivity (Wildman–Crippen MR) is 106 cm³/mol. The van der Waals surface area contributed by atoms with Gasteiger partial charge in [-0.3, -0.25) is 0 Å². The van der Waals surface area contributed by atoms with Gasteiger partial charge in [-0.15, -0.1) is 0 Å². The van der Waals surface area contributed by atoms with Crippen molar-refractivity contribution >= 4 is 56.3 Å². The van der Waals surface area contributed by atoms with Crippen LogP contribution in [0, 0.1) is 0 Å². The van der Waals surface area contributed by atoms with Crippen molar-refractivity contribution in [2.24, 2.45) is 0 Å². The molecular formula is C18H17BrF3NO2SSe. The number of nitrogens with zero attached hydrogens (tertiary/aromatic N) is 1. The first-order valence-electron chi connectivity index (χ1n) is 8.14. The first-order chi connectivity index (χ1) is 12.5. The van der Waals surface area contributed by atoms with E-state index in [2.05, 4.69) is 15.9 Å². The second kappa shape index (κ2) is 7.10. The number of hydrogen-bond donors (Lipinski definition) is 0. The summed E-state index contributed by atoms with van der Waals surface area (Å²) in [6, 6.07) is 6.31. The van der Waals surface area contributed by atoms with E-state index in [0.29, 0.717) is 11.8 Å². The van der Waals surface area contributed by atoms with E-state index in [1.165, 1.54) is 6.07 Å². The van der Waals surface area contributed by atoms with Crippen molar-refractivity contribution in [2.45, 2.75) is 34.9 Å². The van der Waals surface area contributed by atoms with Gasteiger partial charge in [0.2, 0.25) is 0 Å². The van der Waals surface area contributed by atoms with E-state index in [9.17, 15) is 21.6 Å². The van der Waals surface area contributed by atoms with Gasteiger partial charge in [0.1, 0.15) is 0 Å². The SMILES string of the molecule is CCC1=CC(C)(S(=O)(=O)n2cc([Se]C(F)(F)F)c3ccccc32)C(Br)C=C1. The molecule has 9 heteroatoms. The minimum atomic E-state index is -4.36. The van der Waals surface area contributed by atoms with E-state index in [1.807, 2.05) is 13.0 Å². The summed E-state index contributed by atoms with van der Waals surface area (Å²) >= 11 is 1.59. The summed E-state index contributed by atoms with van der Waals surface area (Å²) in [4.78, 5) is -0.497. The van der Waals surface area contributed by atoms with Crippen molar-refractivity contribution in [3.05, 3.63) is 54.3 Å². The van der Waals surface area contributed by atoms with Crippen molar-refractivity contribution in [1.82, 2.24) is 3.97 Å². The summed E-state index contributed by atoms with van der Waals surface area (Å²) < 4.78 is 65.8. The van der Waals surface area contributed by atoms with Crippen molar-refractivity contribution in [2.75, 3.05) is 0 Å². The van der Waals surface area contributed by atoms with Gasteiger partial charge in [0.05, 0.1) is 0 Å². The standard InChI is InChI=1S/C18H17BrF3NO2SSe/c1-3-12-8-9-16(19)17(2,10-12)26(24,25)23-11-15(27-18(20,21)22)13-6-4-5-7-14(13)23/h4-11,16H,3H2,1-2H3. The summed E-state index contributed by atoms with van der Waals surface area (Å²) in [7, 11) is -4.03. The molecule has 1 aromatic heterocycles. The fourth-order valence-corrected chi connectivity index (χ4v) is 7.41. The Morgan fingerprint density at radius 1 is 1.30 bits per heavy atom. The van der Waals surface area contributed by atoms with E-state index in [1.54, 1.807) is 37.3 Å². The molecule has 0 amide bonds. The van der Waals surface area contributed by atoms with Crippen LogP contribution in [0.25, 0.3) is 10.9 Å². The average Bonchev–Trinajstić information content (AvgIpc) is 2.95. The van der Waals surface area contributed by atoms with Gasteiger partial charge in [-0.2, -0.15) is 0 Å². The van der Waals surface area contributed by atoms with Crippen molar-refractivity contribution in [3.63, 3.8) is 0 Å². The van der Waals surface area contributed by atoms with Crippen LogP contribution in [-0.4, -0.2) is 42.0 Å². The van der Waals surface area contributed by atoms with Crippen molar-refractivity contribution in [1.29, 1.82) is 0 Å². The van der Waals surface area contributed by atoms with Crippen LogP contribution in [-0.2, 0) is 10.0 Å². The quantitative estimate of drug-likeness (QED) is 0.444. The Morgan fingerprint density at radius 3 is 2.59 bits per heavy atom. The molecule has 0 aliphatic heterocycles. The molecule has 1 heterocycles. The molecule has 2 atom stereocenters. The molecule has 3 rings (SSSR count). The third kappa shape index (κ3) is 3.67. The van der Waals surface area contributed by atoms with Crippen molar-refractivity contribution in [3.8, 4) is 0 Å². The predicted octanol–water partition coefficient (Wildman–Crippen LogP) is 4.10. The van der Waals surface area contributed by atoms with Crippen LogP contribution in [0.15, 0.2) is 54.3 Å². The van der Waals surface area contributed by atoms with Gasteiger partial charge in [0.15, 0.2) is 0 Å². The summed E-state index contributed by atoms with van der Waals surface area (Å²) in [6.07, 6.45) is 7.11.